The maximum atomic E-state index is 12.7. The lowest BCUT2D eigenvalue weighted by atomic mass is 10.1. The van der Waals surface area contributed by atoms with Crippen molar-refractivity contribution in [1.29, 1.82) is 0 Å². The molecule has 1 heterocycles. The van der Waals surface area contributed by atoms with Crippen molar-refractivity contribution in [2.75, 3.05) is 12.4 Å². The first-order chi connectivity index (χ1) is 14.2. The van der Waals surface area contributed by atoms with Gasteiger partial charge in [0.05, 0.1) is 45.7 Å². The van der Waals surface area contributed by atoms with Crippen LogP contribution in [0.25, 0.3) is 0 Å². The lowest BCUT2D eigenvalue weighted by Crippen LogP contribution is -2.14. The fourth-order valence-corrected chi connectivity index (χ4v) is 3.32. The molecular weight excluding hydrogens is 431 g/mol. The molecule has 0 unspecified atom stereocenters. The predicted octanol–water partition coefficient (Wildman–Crippen LogP) is 5.02. The molecule has 0 aliphatic rings. The van der Waals surface area contributed by atoms with Crippen molar-refractivity contribution in [2.24, 2.45) is 0 Å². The molecule has 3 rings (SSSR count). The van der Waals surface area contributed by atoms with Gasteiger partial charge in [0.25, 0.3) is 5.91 Å². The summed E-state index contributed by atoms with van der Waals surface area (Å²) in [4.78, 5) is 23.3. The molecule has 0 saturated carbocycles. The van der Waals surface area contributed by atoms with Crippen LogP contribution in [0, 0.1) is 24.0 Å². The van der Waals surface area contributed by atoms with Gasteiger partial charge in [0.15, 0.2) is 5.75 Å². The average Bonchev–Trinajstić information content (AvgIpc) is 2.97. The molecule has 1 amide bonds. The second-order valence-electron chi connectivity index (χ2n) is 6.55. The van der Waals surface area contributed by atoms with Crippen molar-refractivity contribution < 1.29 is 14.5 Å². The lowest BCUT2D eigenvalue weighted by Gasteiger charge is -2.09. The minimum absolute atomic E-state index is 0.0818. The Labute approximate surface area is 182 Å². The van der Waals surface area contributed by atoms with E-state index in [1.807, 2.05) is 13.0 Å². The molecule has 0 radical (unpaired) electrons. The van der Waals surface area contributed by atoms with Crippen LogP contribution < -0.4 is 10.1 Å². The minimum atomic E-state index is -0.596. The molecule has 0 atom stereocenters. The molecule has 0 saturated heterocycles. The van der Waals surface area contributed by atoms with Crippen molar-refractivity contribution in [3.63, 3.8) is 0 Å². The van der Waals surface area contributed by atoms with Crippen molar-refractivity contribution >= 4 is 40.5 Å². The van der Waals surface area contributed by atoms with Crippen molar-refractivity contribution in [1.82, 2.24) is 9.78 Å². The van der Waals surface area contributed by atoms with E-state index in [-0.39, 0.29) is 17.0 Å². The number of anilines is 1. The van der Waals surface area contributed by atoms with Crippen molar-refractivity contribution in [3.05, 3.63) is 79.1 Å². The van der Waals surface area contributed by atoms with Crippen LogP contribution in [-0.4, -0.2) is 27.7 Å². The van der Waals surface area contributed by atoms with Gasteiger partial charge in [-0.1, -0.05) is 29.3 Å². The molecule has 2 aromatic carbocycles. The summed E-state index contributed by atoms with van der Waals surface area (Å²) in [6, 6.07) is 9.35. The number of benzene rings is 2. The molecule has 3 aromatic rings. The third-order valence-electron chi connectivity index (χ3n) is 4.57. The zero-order chi connectivity index (χ0) is 22.0. The van der Waals surface area contributed by atoms with Gasteiger partial charge in [-0.15, -0.1) is 0 Å². The van der Waals surface area contributed by atoms with Crippen LogP contribution in [-0.2, 0) is 6.54 Å². The Hall–Kier alpha value is -3.10. The molecule has 0 aliphatic heterocycles. The van der Waals surface area contributed by atoms with Gasteiger partial charge in [-0.25, -0.2) is 0 Å². The Kier molecular flexibility index (Phi) is 6.28. The van der Waals surface area contributed by atoms with Gasteiger partial charge >= 0.3 is 5.69 Å². The zero-order valence-corrected chi connectivity index (χ0v) is 17.9. The highest BCUT2D eigenvalue weighted by molar-refractivity contribution is 6.42. The summed E-state index contributed by atoms with van der Waals surface area (Å²) >= 11 is 12.0. The standard InChI is InChI=1S/C20H18Cl2N4O4/c1-11-19(12(2)25(24-11)10-13-4-6-15(21)16(22)8-13)23-20(27)14-5-7-18(30-3)17(9-14)26(28)29/h4-9H,10H2,1-3H3,(H,23,27). The van der Waals surface area contributed by atoms with Gasteiger partial charge < -0.3 is 10.1 Å². The maximum Gasteiger partial charge on any atom is 0.311 e. The van der Waals surface area contributed by atoms with Gasteiger partial charge in [-0.3, -0.25) is 19.6 Å². The van der Waals surface area contributed by atoms with E-state index in [1.54, 1.807) is 23.7 Å². The molecule has 30 heavy (non-hydrogen) atoms. The molecule has 0 aliphatic carbocycles. The normalized spacial score (nSPS) is 10.7. The number of rotatable bonds is 6. The predicted molar refractivity (Wildman–Crippen MR) is 115 cm³/mol. The third-order valence-corrected chi connectivity index (χ3v) is 5.31. The number of nitro groups is 1. The highest BCUT2D eigenvalue weighted by Crippen LogP contribution is 2.29. The van der Waals surface area contributed by atoms with Gasteiger partial charge in [0.1, 0.15) is 0 Å². The second-order valence-corrected chi connectivity index (χ2v) is 7.36. The SMILES string of the molecule is COc1ccc(C(=O)Nc2c(C)nn(Cc3ccc(Cl)c(Cl)c3)c2C)cc1[N+](=O)[O-]. The van der Waals surface area contributed by atoms with Crippen LogP contribution in [0.15, 0.2) is 36.4 Å². The topological polar surface area (TPSA) is 99.3 Å². The number of halogens is 2. The average molecular weight is 449 g/mol. The monoisotopic (exact) mass is 448 g/mol. The fourth-order valence-electron chi connectivity index (χ4n) is 3.00. The first-order valence-corrected chi connectivity index (χ1v) is 9.58. The van der Waals surface area contributed by atoms with Gasteiger partial charge in [-0.05, 0) is 43.7 Å². The van der Waals surface area contributed by atoms with E-state index < -0.39 is 10.8 Å². The molecule has 1 aromatic heterocycles. The van der Waals surface area contributed by atoms with Gasteiger partial charge in [0.2, 0.25) is 0 Å². The quantitative estimate of drug-likeness (QED) is 0.421. The summed E-state index contributed by atoms with van der Waals surface area (Å²) in [6.45, 7) is 4.03. The number of nitrogens with zero attached hydrogens (tertiary/aromatic N) is 3. The smallest absolute Gasteiger partial charge is 0.311 e. The van der Waals surface area contributed by atoms with Crippen LogP contribution in [0.1, 0.15) is 27.3 Å². The number of nitro benzene ring substituents is 1. The summed E-state index contributed by atoms with van der Waals surface area (Å²) in [7, 11) is 1.33. The number of aryl methyl sites for hydroxylation is 1. The number of aromatic nitrogens is 2. The summed E-state index contributed by atoms with van der Waals surface area (Å²) in [5.41, 5.74) is 2.64. The van der Waals surface area contributed by atoms with E-state index in [0.717, 1.165) is 11.3 Å². The fraction of sp³-hybridized carbons (Fsp3) is 0.200. The summed E-state index contributed by atoms with van der Waals surface area (Å²) in [5, 5.41) is 19.4. The second kappa shape index (κ2) is 8.73. The van der Waals surface area contributed by atoms with E-state index in [1.165, 1.54) is 25.3 Å². The number of nitrogens with one attached hydrogen (secondary N) is 1. The number of amides is 1. The molecule has 8 nitrogen and oxygen atoms in total. The van der Waals surface area contributed by atoms with Crippen molar-refractivity contribution in [2.45, 2.75) is 20.4 Å². The van der Waals surface area contributed by atoms with E-state index in [4.69, 9.17) is 27.9 Å². The van der Waals surface area contributed by atoms with Gasteiger partial charge in [-0.2, -0.15) is 5.10 Å². The third kappa shape index (κ3) is 4.39. The molecule has 1 N–H and O–H groups in total. The summed E-state index contributed by atoms with van der Waals surface area (Å²) in [6.07, 6.45) is 0. The van der Waals surface area contributed by atoms with Crippen LogP contribution in [0.5, 0.6) is 5.75 Å². The Morgan fingerprint density at radius 2 is 1.93 bits per heavy atom. The minimum Gasteiger partial charge on any atom is -0.490 e. The summed E-state index contributed by atoms with van der Waals surface area (Å²) < 4.78 is 6.71. The van der Waals surface area contributed by atoms with Crippen LogP contribution in [0.4, 0.5) is 11.4 Å². The number of carbonyl (C=O) groups is 1. The van der Waals surface area contributed by atoms with Crippen LogP contribution in [0.3, 0.4) is 0 Å². The first-order valence-electron chi connectivity index (χ1n) is 8.83. The largest absolute Gasteiger partial charge is 0.490 e. The number of ether oxygens (including phenoxy) is 1. The number of carbonyl (C=O) groups excluding carboxylic acids is 1. The maximum absolute atomic E-state index is 12.7. The van der Waals surface area contributed by atoms with E-state index in [0.29, 0.717) is 28.0 Å². The molecule has 0 bridgehead atoms. The Morgan fingerprint density at radius 1 is 1.20 bits per heavy atom. The molecule has 0 spiro atoms. The first kappa shape index (κ1) is 21.6. The number of hydrogen-bond donors (Lipinski definition) is 1. The zero-order valence-electron chi connectivity index (χ0n) is 16.4. The highest BCUT2D eigenvalue weighted by Gasteiger charge is 2.20. The Bertz CT molecular complexity index is 1140. The Balaban J connectivity index is 1.85. The number of hydrogen-bond acceptors (Lipinski definition) is 5. The van der Waals surface area contributed by atoms with Crippen molar-refractivity contribution in [3.8, 4) is 5.75 Å². The van der Waals surface area contributed by atoms with E-state index >= 15 is 0 Å². The molecule has 10 heteroatoms. The van der Waals surface area contributed by atoms with Crippen LogP contribution >= 0.6 is 23.2 Å². The van der Waals surface area contributed by atoms with E-state index in [2.05, 4.69) is 10.4 Å². The molecule has 0 fully saturated rings. The van der Waals surface area contributed by atoms with Gasteiger partial charge in [0, 0.05) is 11.6 Å². The van der Waals surface area contributed by atoms with Crippen LogP contribution in [0.2, 0.25) is 10.0 Å². The number of methoxy groups -OCH3 is 1. The molecule has 156 valence electrons. The summed E-state index contributed by atoms with van der Waals surface area (Å²) in [5.74, 6) is -0.403. The highest BCUT2D eigenvalue weighted by atomic mass is 35.5. The lowest BCUT2D eigenvalue weighted by molar-refractivity contribution is -0.385. The molecular formula is C20H18Cl2N4O4. The Morgan fingerprint density at radius 3 is 2.57 bits per heavy atom. The van der Waals surface area contributed by atoms with E-state index in [9.17, 15) is 14.9 Å².